The van der Waals surface area contributed by atoms with E-state index in [0.29, 0.717) is 11.1 Å². The van der Waals surface area contributed by atoms with Gasteiger partial charge in [-0.3, -0.25) is 4.79 Å². The molecule has 1 aromatic heterocycles. The zero-order valence-electron chi connectivity index (χ0n) is 17.4. The van der Waals surface area contributed by atoms with E-state index >= 15 is 0 Å². The first-order valence-corrected chi connectivity index (χ1v) is 10.9. The first kappa shape index (κ1) is 21.0. The van der Waals surface area contributed by atoms with Crippen molar-refractivity contribution in [3.8, 4) is 22.5 Å². The number of rotatable bonds is 4. The second-order valence-electron chi connectivity index (χ2n) is 7.54. The van der Waals surface area contributed by atoms with Crippen molar-refractivity contribution in [3.63, 3.8) is 0 Å². The molecule has 1 amide bonds. The molecular weight excluding hydrogens is 485 g/mol. The summed E-state index contributed by atoms with van der Waals surface area (Å²) in [6, 6.07) is 22.1. The van der Waals surface area contributed by atoms with Gasteiger partial charge in [0.1, 0.15) is 5.82 Å². The minimum Gasteiger partial charge on any atom is -0.319 e. The van der Waals surface area contributed by atoms with Crippen LogP contribution in [-0.2, 0) is 0 Å². The van der Waals surface area contributed by atoms with Crippen LogP contribution in [0.1, 0.15) is 15.9 Å². The number of carbonyl (C=O) groups excluding carboxylic acids is 1. The summed E-state index contributed by atoms with van der Waals surface area (Å²) in [7, 11) is 0. The van der Waals surface area contributed by atoms with Crippen molar-refractivity contribution in [2.75, 3.05) is 5.32 Å². The van der Waals surface area contributed by atoms with E-state index in [4.69, 9.17) is 0 Å². The lowest BCUT2D eigenvalue weighted by atomic mass is 9.91. The normalized spacial score (nSPS) is 11.0. The van der Waals surface area contributed by atoms with Gasteiger partial charge in [0, 0.05) is 10.0 Å². The van der Waals surface area contributed by atoms with Crippen LogP contribution in [0.5, 0.6) is 0 Å². The van der Waals surface area contributed by atoms with Gasteiger partial charge in [0.15, 0.2) is 0 Å². The predicted molar refractivity (Wildman–Crippen MR) is 129 cm³/mol. The fourth-order valence-electron chi connectivity index (χ4n) is 3.91. The Labute approximate surface area is 197 Å². The van der Waals surface area contributed by atoms with Crippen LogP contribution in [0, 0.1) is 12.7 Å². The molecule has 6 nitrogen and oxygen atoms in total. The van der Waals surface area contributed by atoms with Gasteiger partial charge in [0.2, 0.25) is 5.82 Å². The highest BCUT2D eigenvalue weighted by Crippen LogP contribution is 2.34. The van der Waals surface area contributed by atoms with Crippen LogP contribution >= 0.6 is 15.9 Å². The average Bonchev–Trinajstić information content (AvgIpc) is 3.35. The van der Waals surface area contributed by atoms with E-state index in [9.17, 15) is 9.18 Å². The van der Waals surface area contributed by atoms with Crippen molar-refractivity contribution < 1.29 is 9.18 Å². The molecule has 0 aliphatic rings. The van der Waals surface area contributed by atoms with Crippen LogP contribution < -0.4 is 5.32 Å². The highest BCUT2D eigenvalue weighted by atomic mass is 79.9. The second kappa shape index (κ2) is 8.55. The molecule has 0 fully saturated rings. The number of carbonyl (C=O) groups is 1. The van der Waals surface area contributed by atoms with Crippen molar-refractivity contribution in [2.24, 2.45) is 0 Å². The van der Waals surface area contributed by atoms with Crippen LogP contribution in [0.15, 0.2) is 77.3 Å². The summed E-state index contributed by atoms with van der Waals surface area (Å²) in [5, 5.41) is 18.0. The third-order valence-electron chi connectivity index (χ3n) is 5.50. The zero-order chi connectivity index (χ0) is 22.9. The number of amides is 1. The number of fused-ring (bicyclic) bond motifs is 1. The fourth-order valence-corrected chi connectivity index (χ4v) is 4.27. The Bertz CT molecular complexity index is 1490. The minimum atomic E-state index is -0.590. The molecule has 8 heteroatoms. The van der Waals surface area contributed by atoms with Gasteiger partial charge >= 0.3 is 0 Å². The fraction of sp³-hybridized carbons (Fsp3) is 0.0400. The number of anilines is 1. The molecule has 0 spiro atoms. The van der Waals surface area contributed by atoms with E-state index < -0.39 is 5.82 Å². The molecule has 0 bridgehead atoms. The summed E-state index contributed by atoms with van der Waals surface area (Å²) in [6.45, 7) is 1.91. The van der Waals surface area contributed by atoms with Gasteiger partial charge in [-0.15, -0.1) is 10.2 Å². The maximum Gasteiger partial charge on any atom is 0.256 e. The summed E-state index contributed by atoms with van der Waals surface area (Å²) in [5.41, 5.74) is 3.78. The minimum absolute atomic E-state index is 0.0694. The van der Waals surface area contributed by atoms with Crippen LogP contribution in [0.25, 0.3) is 33.3 Å². The van der Waals surface area contributed by atoms with Crippen LogP contribution in [0.4, 0.5) is 10.1 Å². The molecule has 0 aliphatic carbocycles. The number of H-pyrrole nitrogens is 1. The number of aromatic nitrogens is 4. The number of hydrogen-bond donors (Lipinski definition) is 2. The Morgan fingerprint density at radius 1 is 1.00 bits per heavy atom. The molecule has 5 rings (SSSR count). The smallest absolute Gasteiger partial charge is 0.256 e. The Balaban J connectivity index is 1.59. The summed E-state index contributed by atoms with van der Waals surface area (Å²) in [6.07, 6.45) is 0. The second-order valence-corrected chi connectivity index (χ2v) is 8.46. The highest BCUT2D eigenvalue weighted by molar-refractivity contribution is 9.10. The summed E-state index contributed by atoms with van der Waals surface area (Å²) >= 11 is 3.50. The molecule has 0 saturated carbocycles. The molecule has 1 heterocycles. The number of aromatic amines is 1. The van der Waals surface area contributed by atoms with Crippen molar-refractivity contribution in [2.45, 2.75) is 6.92 Å². The van der Waals surface area contributed by atoms with E-state index in [1.165, 1.54) is 12.1 Å². The largest absolute Gasteiger partial charge is 0.319 e. The van der Waals surface area contributed by atoms with Gasteiger partial charge in [-0.2, -0.15) is 5.21 Å². The Hall–Kier alpha value is -3.91. The van der Waals surface area contributed by atoms with Crippen molar-refractivity contribution in [1.82, 2.24) is 20.6 Å². The molecule has 5 aromatic rings. The number of nitrogens with zero attached hydrogens (tertiary/aromatic N) is 3. The van der Waals surface area contributed by atoms with Crippen molar-refractivity contribution in [1.29, 1.82) is 0 Å². The molecule has 33 heavy (non-hydrogen) atoms. The molecule has 4 aromatic carbocycles. The maximum absolute atomic E-state index is 14.8. The topological polar surface area (TPSA) is 83.6 Å². The number of tetrazole rings is 1. The summed E-state index contributed by atoms with van der Waals surface area (Å²) < 4.78 is 15.7. The SMILES string of the molecule is Cc1c(-c2ccccc2)cc2ccc(Br)cc2c1C(=O)Nc1ccc(-c2nn[nH]n2)cc1F. The number of hydrogen-bond acceptors (Lipinski definition) is 4. The molecule has 162 valence electrons. The molecule has 0 atom stereocenters. The van der Waals surface area contributed by atoms with E-state index in [1.54, 1.807) is 6.07 Å². The zero-order valence-corrected chi connectivity index (χ0v) is 19.0. The molecule has 0 radical (unpaired) electrons. The van der Waals surface area contributed by atoms with Crippen LogP contribution in [-0.4, -0.2) is 26.5 Å². The molecular formula is C25H17BrFN5O. The molecule has 0 aliphatic heterocycles. The van der Waals surface area contributed by atoms with Crippen LogP contribution in [0.3, 0.4) is 0 Å². The third kappa shape index (κ3) is 4.01. The third-order valence-corrected chi connectivity index (χ3v) is 5.99. The number of halogens is 2. The summed E-state index contributed by atoms with van der Waals surface area (Å²) in [4.78, 5) is 13.5. The van der Waals surface area contributed by atoms with Gasteiger partial charge < -0.3 is 5.32 Å². The van der Waals surface area contributed by atoms with E-state index in [-0.39, 0.29) is 17.4 Å². The maximum atomic E-state index is 14.8. The average molecular weight is 502 g/mol. The summed E-state index contributed by atoms with van der Waals surface area (Å²) in [5.74, 6) is -0.707. The first-order chi connectivity index (χ1) is 16.0. The van der Waals surface area contributed by atoms with Crippen molar-refractivity contribution >= 4 is 38.3 Å². The number of nitrogens with one attached hydrogen (secondary N) is 2. The van der Waals surface area contributed by atoms with Gasteiger partial charge in [-0.05, 0) is 76.0 Å². The number of benzene rings is 4. The van der Waals surface area contributed by atoms with Crippen LogP contribution in [0.2, 0.25) is 0 Å². The monoisotopic (exact) mass is 501 g/mol. The predicted octanol–water partition coefficient (Wildman–Crippen LogP) is 6.15. The van der Waals surface area contributed by atoms with E-state index in [0.717, 1.165) is 31.9 Å². The Morgan fingerprint density at radius 3 is 2.55 bits per heavy atom. The van der Waals surface area contributed by atoms with Gasteiger partial charge in [0.25, 0.3) is 5.91 Å². The molecule has 0 saturated heterocycles. The highest BCUT2D eigenvalue weighted by Gasteiger charge is 2.19. The lowest BCUT2D eigenvalue weighted by molar-refractivity contribution is 0.102. The lowest BCUT2D eigenvalue weighted by Gasteiger charge is -2.16. The van der Waals surface area contributed by atoms with Gasteiger partial charge in [-0.25, -0.2) is 4.39 Å². The van der Waals surface area contributed by atoms with E-state index in [1.807, 2.05) is 55.5 Å². The Morgan fingerprint density at radius 2 is 1.82 bits per heavy atom. The Kier molecular flexibility index (Phi) is 5.43. The molecule has 2 N–H and O–H groups in total. The standard InChI is InChI=1S/C25H17BrFN5O/c1-14-19(15-5-3-2-4-6-15)11-16-7-9-18(26)13-20(16)23(14)25(33)28-22-10-8-17(12-21(22)27)24-29-31-32-30-24/h2-13H,1H3,(H,28,33)(H,29,30,31,32). The van der Waals surface area contributed by atoms with Gasteiger partial charge in [-0.1, -0.05) is 52.3 Å². The lowest BCUT2D eigenvalue weighted by Crippen LogP contribution is -2.15. The van der Waals surface area contributed by atoms with E-state index in [2.05, 4.69) is 47.9 Å². The van der Waals surface area contributed by atoms with Crippen molar-refractivity contribution in [3.05, 3.63) is 94.2 Å². The molecule has 0 unspecified atom stereocenters. The van der Waals surface area contributed by atoms with Gasteiger partial charge in [0.05, 0.1) is 11.3 Å². The quantitative estimate of drug-likeness (QED) is 0.309. The first-order valence-electron chi connectivity index (χ1n) is 10.1.